The van der Waals surface area contributed by atoms with Crippen molar-refractivity contribution >= 4 is 15.9 Å². The second-order valence-electron chi connectivity index (χ2n) is 6.74. The van der Waals surface area contributed by atoms with E-state index in [0.717, 1.165) is 19.3 Å². The number of hydrogen-bond acceptors (Lipinski definition) is 5. The van der Waals surface area contributed by atoms with Crippen molar-refractivity contribution in [1.29, 1.82) is 0 Å². The molecule has 138 valence electrons. The summed E-state index contributed by atoms with van der Waals surface area (Å²) in [5, 5.41) is 0. The normalized spacial score (nSPS) is 22.3. The van der Waals surface area contributed by atoms with Crippen LogP contribution in [0.25, 0.3) is 0 Å². The summed E-state index contributed by atoms with van der Waals surface area (Å²) >= 11 is 0. The molecular weight excluding hydrogens is 342 g/mol. The third-order valence-electron chi connectivity index (χ3n) is 4.81. The van der Waals surface area contributed by atoms with Crippen molar-refractivity contribution in [1.82, 2.24) is 9.62 Å². The van der Waals surface area contributed by atoms with E-state index in [0.29, 0.717) is 44.3 Å². The number of benzene rings is 1. The Labute approximate surface area is 148 Å². The summed E-state index contributed by atoms with van der Waals surface area (Å²) in [7, 11) is -3.64. The highest BCUT2D eigenvalue weighted by atomic mass is 32.2. The van der Waals surface area contributed by atoms with Gasteiger partial charge in [0.2, 0.25) is 10.0 Å². The summed E-state index contributed by atoms with van der Waals surface area (Å²) in [4.78, 5) is 14.3. The molecule has 0 saturated carbocycles. The molecule has 1 aromatic carbocycles. The van der Waals surface area contributed by atoms with Gasteiger partial charge in [-0.3, -0.25) is 4.79 Å². The molecule has 7 nitrogen and oxygen atoms in total. The summed E-state index contributed by atoms with van der Waals surface area (Å²) in [5.74, 6) is 0.119. The fraction of sp³-hybridized carbons (Fsp3) is 0.588. The summed E-state index contributed by atoms with van der Waals surface area (Å²) < 4.78 is 33.0. The van der Waals surface area contributed by atoms with Gasteiger partial charge in [-0.15, -0.1) is 0 Å². The van der Waals surface area contributed by atoms with Crippen LogP contribution in [0.3, 0.4) is 0 Å². The first-order valence-corrected chi connectivity index (χ1v) is 10.2. The zero-order valence-electron chi connectivity index (χ0n) is 14.2. The van der Waals surface area contributed by atoms with Gasteiger partial charge in [-0.05, 0) is 43.4 Å². The van der Waals surface area contributed by atoms with Crippen LogP contribution in [0.5, 0.6) is 0 Å². The first kappa shape index (κ1) is 18.3. The number of carbonyl (C=O) groups is 1. The van der Waals surface area contributed by atoms with E-state index in [4.69, 9.17) is 10.5 Å². The molecule has 8 heteroatoms. The molecule has 0 aromatic heterocycles. The van der Waals surface area contributed by atoms with Crippen LogP contribution in [0.2, 0.25) is 0 Å². The van der Waals surface area contributed by atoms with Crippen LogP contribution in [0.15, 0.2) is 29.2 Å². The topological polar surface area (TPSA) is 102 Å². The van der Waals surface area contributed by atoms with E-state index in [1.165, 1.54) is 12.1 Å². The lowest BCUT2D eigenvalue weighted by Gasteiger charge is -2.22. The zero-order chi connectivity index (χ0) is 17.9. The number of ether oxygens (including phenoxy) is 1. The highest BCUT2D eigenvalue weighted by Crippen LogP contribution is 2.18. The molecule has 1 atom stereocenters. The maximum atomic E-state index is 12.5. The predicted molar refractivity (Wildman–Crippen MR) is 93.7 cm³/mol. The van der Waals surface area contributed by atoms with Gasteiger partial charge in [0, 0.05) is 44.5 Å². The first-order valence-electron chi connectivity index (χ1n) is 8.68. The minimum Gasteiger partial charge on any atom is -0.381 e. The van der Waals surface area contributed by atoms with Gasteiger partial charge in [0.15, 0.2) is 0 Å². The van der Waals surface area contributed by atoms with Crippen LogP contribution >= 0.6 is 0 Å². The Kier molecular flexibility index (Phi) is 5.73. The van der Waals surface area contributed by atoms with E-state index in [-0.39, 0.29) is 16.8 Å². The molecule has 2 aliphatic rings. The number of nitrogens with zero attached hydrogens (tertiary/aromatic N) is 1. The molecule has 0 bridgehead atoms. The van der Waals surface area contributed by atoms with Gasteiger partial charge in [-0.25, -0.2) is 13.1 Å². The summed E-state index contributed by atoms with van der Waals surface area (Å²) in [6.07, 6.45) is 2.49. The highest BCUT2D eigenvalue weighted by molar-refractivity contribution is 7.89. The molecule has 25 heavy (non-hydrogen) atoms. The van der Waals surface area contributed by atoms with Crippen molar-refractivity contribution in [2.24, 2.45) is 11.7 Å². The van der Waals surface area contributed by atoms with Crippen LogP contribution in [-0.2, 0) is 14.8 Å². The lowest BCUT2D eigenvalue weighted by atomic mass is 10.0. The van der Waals surface area contributed by atoms with Gasteiger partial charge < -0.3 is 15.4 Å². The summed E-state index contributed by atoms with van der Waals surface area (Å²) in [5.41, 5.74) is 6.22. The van der Waals surface area contributed by atoms with Crippen LogP contribution < -0.4 is 10.5 Å². The van der Waals surface area contributed by atoms with E-state index in [2.05, 4.69) is 4.72 Å². The van der Waals surface area contributed by atoms with Crippen LogP contribution in [0.4, 0.5) is 0 Å². The summed E-state index contributed by atoms with van der Waals surface area (Å²) in [6, 6.07) is 6.20. The zero-order valence-corrected chi connectivity index (χ0v) is 15.0. The Morgan fingerprint density at radius 3 is 2.72 bits per heavy atom. The number of carbonyl (C=O) groups excluding carboxylic acids is 1. The molecule has 0 unspecified atom stereocenters. The Morgan fingerprint density at radius 1 is 1.28 bits per heavy atom. The van der Waals surface area contributed by atoms with Gasteiger partial charge in [0.25, 0.3) is 5.91 Å². The molecule has 0 spiro atoms. The Hall–Kier alpha value is -1.48. The van der Waals surface area contributed by atoms with Crippen LogP contribution in [0, 0.1) is 5.92 Å². The number of nitrogens with one attached hydrogen (secondary N) is 1. The molecule has 2 fully saturated rings. The largest absolute Gasteiger partial charge is 0.381 e. The SMILES string of the molecule is N[C@H]1CCN(C(=O)c2cccc(S(=O)(=O)NCC3CCOCC3)c2)C1. The molecule has 0 aliphatic carbocycles. The molecule has 2 heterocycles. The van der Waals surface area contributed by atoms with Crippen molar-refractivity contribution < 1.29 is 17.9 Å². The summed E-state index contributed by atoms with van der Waals surface area (Å²) in [6.45, 7) is 2.87. The van der Waals surface area contributed by atoms with Gasteiger partial charge >= 0.3 is 0 Å². The van der Waals surface area contributed by atoms with Gasteiger partial charge in [0.1, 0.15) is 0 Å². The number of rotatable bonds is 5. The number of hydrogen-bond donors (Lipinski definition) is 2. The van der Waals surface area contributed by atoms with E-state index in [1.807, 2.05) is 0 Å². The average Bonchev–Trinajstić information content (AvgIpc) is 3.07. The second kappa shape index (κ2) is 7.82. The van der Waals surface area contributed by atoms with Crippen molar-refractivity contribution in [3.05, 3.63) is 29.8 Å². The second-order valence-corrected chi connectivity index (χ2v) is 8.50. The fourth-order valence-electron chi connectivity index (χ4n) is 3.21. The third kappa shape index (κ3) is 4.58. The van der Waals surface area contributed by atoms with Gasteiger partial charge in [-0.2, -0.15) is 0 Å². The van der Waals surface area contributed by atoms with Crippen molar-refractivity contribution in [3.8, 4) is 0 Å². The Morgan fingerprint density at radius 2 is 2.04 bits per heavy atom. The van der Waals surface area contributed by atoms with Crippen LogP contribution in [0.1, 0.15) is 29.6 Å². The first-order chi connectivity index (χ1) is 12.0. The molecule has 2 saturated heterocycles. The number of nitrogens with two attached hydrogens (primary N) is 1. The van der Waals surface area contributed by atoms with E-state index in [1.54, 1.807) is 17.0 Å². The van der Waals surface area contributed by atoms with E-state index in [9.17, 15) is 13.2 Å². The molecule has 0 radical (unpaired) electrons. The quantitative estimate of drug-likeness (QED) is 0.792. The number of amides is 1. The molecule has 3 N–H and O–H groups in total. The average molecular weight is 367 g/mol. The number of sulfonamides is 1. The minimum absolute atomic E-state index is 0.00277. The predicted octanol–water partition coefficient (Wildman–Crippen LogP) is 0.565. The Balaban J connectivity index is 1.68. The number of likely N-dealkylation sites (tertiary alicyclic amines) is 1. The molecule has 1 amide bonds. The maximum absolute atomic E-state index is 12.5. The minimum atomic E-state index is -3.64. The monoisotopic (exact) mass is 367 g/mol. The highest BCUT2D eigenvalue weighted by Gasteiger charge is 2.26. The lowest BCUT2D eigenvalue weighted by Crippen LogP contribution is -2.33. The molecule has 1 aromatic rings. The fourth-order valence-corrected chi connectivity index (χ4v) is 4.37. The van der Waals surface area contributed by atoms with Crippen molar-refractivity contribution in [2.75, 3.05) is 32.8 Å². The van der Waals surface area contributed by atoms with Gasteiger partial charge in [-0.1, -0.05) is 6.07 Å². The third-order valence-corrected chi connectivity index (χ3v) is 6.23. The smallest absolute Gasteiger partial charge is 0.253 e. The lowest BCUT2D eigenvalue weighted by molar-refractivity contribution is 0.0678. The van der Waals surface area contributed by atoms with Crippen molar-refractivity contribution in [2.45, 2.75) is 30.2 Å². The molecule has 3 rings (SSSR count). The van der Waals surface area contributed by atoms with Crippen molar-refractivity contribution in [3.63, 3.8) is 0 Å². The maximum Gasteiger partial charge on any atom is 0.253 e. The van der Waals surface area contributed by atoms with E-state index >= 15 is 0 Å². The standard InChI is InChI=1S/C17H25N3O4S/c18-15-4-7-20(12-15)17(21)14-2-1-3-16(10-14)25(22,23)19-11-13-5-8-24-9-6-13/h1-3,10,13,15,19H,4-9,11-12,18H2/t15-/m0/s1. The van der Waals surface area contributed by atoms with Gasteiger partial charge in [0.05, 0.1) is 4.90 Å². The molecule has 2 aliphatic heterocycles. The Bertz CT molecular complexity index is 716. The van der Waals surface area contributed by atoms with Crippen LogP contribution in [-0.4, -0.2) is 58.1 Å². The van der Waals surface area contributed by atoms with E-state index < -0.39 is 10.0 Å². The molecular formula is C17H25N3O4S.